The molecule has 0 bridgehead atoms. The molecule has 0 radical (unpaired) electrons. The first kappa shape index (κ1) is 11.7. The predicted octanol–water partition coefficient (Wildman–Crippen LogP) is 2.13. The first-order valence-corrected chi connectivity index (χ1v) is 7.14. The lowest BCUT2D eigenvalue weighted by molar-refractivity contribution is -0.195. The smallest absolute Gasteiger partial charge is 0.0959 e. The maximum atomic E-state index is 5.96. The van der Waals surface area contributed by atoms with E-state index in [0.29, 0.717) is 6.10 Å². The maximum absolute atomic E-state index is 5.96. The van der Waals surface area contributed by atoms with Crippen LogP contribution in [-0.2, 0) is 16.0 Å². The Morgan fingerprint density at radius 1 is 1.59 bits per heavy atom. The number of rotatable bonds is 3. The average molecular weight is 253 g/mol. The topological polar surface area (TPSA) is 21.7 Å². The van der Waals surface area contributed by atoms with Crippen LogP contribution in [0.2, 0.25) is 0 Å². The summed E-state index contributed by atoms with van der Waals surface area (Å²) in [6.45, 7) is 4.03. The number of hydrogen-bond donors (Lipinski definition) is 0. The predicted molar refractivity (Wildman–Crippen MR) is 68.3 cm³/mol. The van der Waals surface area contributed by atoms with E-state index in [9.17, 15) is 0 Å². The zero-order valence-electron chi connectivity index (χ0n) is 10.2. The molecule has 2 fully saturated rings. The lowest BCUT2D eigenvalue weighted by atomic mass is 9.84. The average Bonchev–Trinajstić information content (AvgIpc) is 2.80. The molecule has 0 saturated carbocycles. The molecule has 4 heteroatoms. The van der Waals surface area contributed by atoms with Crippen LogP contribution in [0, 0.1) is 0 Å². The van der Waals surface area contributed by atoms with Crippen LogP contribution in [0.25, 0.3) is 0 Å². The molecule has 2 aliphatic heterocycles. The van der Waals surface area contributed by atoms with Crippen molar-refractivity contribution in [2.45, 2.75) is 31.1 Å². The monoisotopic (exact) mass is 253 g/mol. The molecule has 2 aliphatic rings. The second-order valence-corrected chi connectivity index (χ2v) is 5.94. The summed E-state index contributed by atoms with van der Waals surface area (Å²) < 4.78 is 11.4. The van der Waals surface area contributed by atoms with Crippen molar-refractivity contribution < 1.29 is 9.47 Å². The summed E-state index contributed by atoms with van der Waals surface area (Å²) in [5.41, 5.74) is 1.51. The van der Waals surface area contributed by atoms with Gasteiger partial charge in [0.25, 0.3) is 0 Å². The minimum absolute atomic E-state index is 0.0922. The van der Waals surface area contributed by atoms with Crippen molar-refractivity contribution in [2.75, 3.05) is 26.8 Å². The fraction of sp³-hybridized carbons (Fsp3) is 0.692. The van der Waals surface area contributed by atoms with E-state index in [4.69, 9.17) is 9.47 Å². The first-order chi connectivity index (χ1) is 8.30. The summed E-state index contributed by atoms with van der Waals surface area (Å²) in [6, 6.07) is 2.20. The van der Waals surface area contributed by atoms with Crippen LogP contribution in [0.4, 0.5) is 0 Å². The SMILES string of the molecule is CO[C@H]1CCOC2(C1)CN(Cc1ccsc1)C2. The lowest BCUT2D eigenvalue weighted by Gasteiger charge is -2.53. The van der Waals surface area contributed by atoms with Gasteiger partial charge in [0.2, 0.25) is 0 Å². The third-order valence-corrected chi connectivity index (χ3v) is 4.52. The highest BCUT2D eigenvalue weighted by Crippen LogP contribution is 2.35. The van der Waals surface area contributed by atoms with Gasteiger partial charge >= 0.3 is 0 Å². The zero-order valence-corrected chi connectivity index (χ0v) is 11.0. The molecule has 3 rings (SSSR count). The Hall–Kier alpha value is -0.420. The normalized spacial score (nSPS) is 28.2. The van der Waals surface area contributed by atoms with Crippen LogP contribution in [0.5, 0.6) is 0 Å². The highest BCUT2D eigenvalue weighted by Gasteiger charge is 2.47. The molecule has 17 heavy (non-hydrogen) atoms. The number of methoxy groups -OCH3 is 1. The standard InChI is InChI=1S/C13H19NO2S/c1-15-12-2-4-16-13(6-12)9-14(10-13)7-11-3-5-17-8-11/h3,5,8,12H,2,4,6-7,9-10H2,1H3/t12-/m0/s1. The Morgan fingerprint density at radius 2 is 2.47 bits per heavy atom. The number of nitrogens with zero attached hydrogens (tertiary/aromatic N) is 1. The molecule has 1 aromatic rings. The molecule has 0 amide bonds. The number of hydrogen-bond acceptors (Lipinski definition) is 4. The van der Waals surface area contributed by atoms with E-state index in [0.717, 1.165) is 39.1 Å². The highest BCUT2D eigenvalue weighted by atomic mass is 32.1. The van der Waals surface area contributed by atoms with E-state index in [1.165, 1.54) is 5.56 Å². The number of thiophene rings is 1. The van der Waals surface area contributed by atoms with E-state index in [1.807, 2.05) is 7.11 Å². The van der Waals surface area contributed by atoms with Gasteiger partial charge in [-0.25, -0.2) is 0 Å². The van der Waals surface area contributed by atoms with Gasteiger partial charge in [-0.3, -0.25) is 4.90 Å². The Balaban J connectivity index is 1.53. The van der Waals surface area contributed by atoms with Crippen molar-refractivity contribution in [3.05, 3.63) is 22.4 Å². The molecular weight excluding hydrogens is 234 g/mol. The molecule has 1 spiro atoms. The molecule has 94 valence electrons. The molecule has 1 aromatic heterocycles. The Kier molecular flexibility index (Phi) is 3.21. The van der Waals surface area contributed by atoms with E-state index < -0.39 is 0 Å². The van der Waals surface area contributed by atoms with E-state index in [2.05, 4.69) is 21.7 Å². The van der Waals surface area contributed by atoms with E-state index in [1.54, 1.807) is 11.3 Å². The molecule has 0 aromatic carbocycles. The number of ether oxygens (including phenoxy) is 2. The highest BCUT2D eigenvalue weighted by molar-refractivity contribution is 7.07. The quantitative estimate of drug-likeness (QED) is 0.823. The Morgan fingerprint density at radius 3 is 3.18 bits per heavy atom. The van der Waals surface area contributed by atoms with Crippen molar-refractivity contribution in [3.63, 3.8) is 0 Å². The van der Waals surface area contributed by atoms with Gasteiger partial charge in [0.15, 0.2) is 0 Å². The molecular formula is C13H19NO2S. The second kappa shape index (κ2) is 4.69. The van der Waals surface area contributed by atoms with Gasteiger partial charge in [-0.1, -0.05) is 0 Å². The molecule has 0 N–H and O–H groups in total. The van der Waals surface area contributed by atoms with Crippen molar-refractivity contribution >= 4 is 11.3 Å². The molecule has 0 unspecified atom stereocenters. The largest absolute Gasteiger partial charge is 0.381 e. The number of likely N-dealkylation sites (tertiary alicyclic amines) is 1. The van der Waals surface area contributed by atoms with Gasteiger partial charge in [0.1, 0.15) is 0 Å². The zero-order chi connectivity index (χ0) is 11.7. The summed E-state index contributed by atoms with van der Waals surface area (Å²) in [5.74, 6) is 0. The van der Waals surface area contributed by atoms with Gasteiger partial charge in [-0.05, 0) is 28.8 Å². The van der Waals surface area contributed by atoms with Gasteiger partial charge in [0, 0.05) is 39.8 Å². The first-order valence-electron chi connectivity index (χ1n) is 6.20. The molecule has 1 atom stereocenters. The van der Waals surface area contributed by atoms with E-state index >= 15 is 0 Å². The third kappa shape index (κ3) is 2.40. The second-order valence-electron chi connectivity index (χ2n) is 5.16. The van der Waals surface area contributed by atoms with Gasteiger partial charge in [0.05, 0.1) is 11.7 Å². The van der Waals surface area contributed by atoms with Crippen molar-refractivity contribution in [2.24, 2.45) is 0 Å². The van der Waals surface area contributed by atoms with Gasteiger partial charge < -0.3 is 9.47 Å². The lowest BCUT2D eigenvalue weighted by Crippen LogP contribution is -2.65. The Bertz CT molecular complexity index is 360. The van der Waals surface area contributed by atoms with Crippen molar-refractivity contribution in [3.8, 4) is 0 Å². The van der Waals surface area contributed by atoms with Crippen LogP contribution in [0.1, 0.15) is 18.4 Å². The van der Waals surface area contributed by atoms with Crippen LogP contribution in [0.15, 0.2) is 16.8 Å². The van der Waals surface area contributed by atoms with Crippen LogP contribution in [-0.4, -0.2) is 43.4 Å². The van der Waals surface area contributed by atoms with Crippen LogP contribution >= 0.6 is 11.3 Å². The fourth-order valence-electron chi connectivity index (χ4n) is 2.93. The van der Waals surface area contributed by atoms with Gasteiger partial charge in [-0.15, -0.1) is 0 Å². The molecule has 2 saturated heterocycles. The van der Waals surface area contributed by atoms with Crippen molar-refractivity contribution in [1.29, 1.82) is 0 Å². The minimum Gasteiger partial charge on any atom is -0.381 e. The summed E-state index contributed by atoms with van der Waals surface area (Å²) in [7, 11) is 1.81. The maximum Gasteiger partial charge on any atom is 0.0959 e. The van der Waals surface area contributed by atoms with Crippen LogP contribution < -0.4 is 0 Å². The van der Waals surface area contributed by atoms with Crippen molar-refractivity contribution in [1.82, 2.24) is 4.90 Å². The fourth-order valence-corrected chi connectivity index (χ4v) is 3.59. The van der Waals surface area contributed by atoms with Crippen LogP contribution in [0.3, 0.4) is 0 Å². The molecule has 0 aliphatic carbocycles. The van der Waals surface area contributed by atoms with Gasteiger partial charge in [-0.2, -0.15) is 11.3 Å². The molecule has 3 nitrogen and oxygen atoms in total. The minimum atomic E-state index is 0.0922. The Labute approximate surface area is 106 Å². The molecule has 3 heterocycles. The summed E-state index contributed by atoms with van der Waals surface area (Å²) in [4.78, 5) is 2.46. The van der Waals surface area contributed by atoms with E-state index in [-0.39, 0.29) is 5.60 Å². The third-order valence-electron chi connectivity index (χ3n) is 3.79. The summed E-state index contributed by atoms with van der Waals surface area (Å²) >= 11 is 1.77. The summed E-state index contributed by atoms with van der Waals surface area (Å²) in [5, 5.41) is 4.37. The summed E-state index contributed by atoms with van der Waals surface area (Å²) in [6.07, 6.45) is 2.50.